The minimum absolute atomic E-state index is 0.272. The number of nitrogens with one attached hydrogen (secondary N) is 1. The van der Waals surface area contributed by atoms with Gasteiger partial charge in [0.15, 0.2) is 0 Å². The molecule has 0 aliphatic rings. The van der Waals surface area contributed by atoms with E-state index in [9.17, 15) is 9.59 Å². The highest BCUT2D eigenvalue weighted by molar-refractivity contribution is 5.94. The summed E-state index contributed by atoms with van der Waals surface area (Å²) in [5, 5.41) is 2.81. The van der Waals surface area contributed by atoms with E-state index in [1.165, 1.54) is 6.20 Å². The normalized spacial score (nSPS) is 10.4. The van der Waals surface area contributed by atoms with Crippen LogP contribution in [0.25, 0.3) is 11.3 Å². The molecule has 0 atom stereocenters. The number of aryl methyl sites for hydroxylation is 2. The summed E-state index contributed by atoms with van der Waals surface area (Å²) in [5.74, 6) is -0.762. The molecule has 0 saturated carbocycles. The molecule has 136 valence electrons. The van der Waals surface area contributed by atoms with Gasteiger partial charge < -0.3 is 11.1 Å². The fourth-order valence-corrected chi connectivity index (χ4v) is 2.56. The molecule has 3 rings (SSSR count). The number of carbonyl (C=O) groups excluding carboxylic acids is 2. The Morgan fingerprint density at radius 1 is 1.00 bits per heavy atom. The van der Waals surface area contributed by atoms with E-state index in [4.69, 9.17) is 5.73 Å². The number of nitrogens with two attached hydrogens (primary N) is 1. The third-order valence-corrected chi connectivity index (χ3v) is 4.07. The van der Waals surface area contributed by atoms with Crippen molar-refractivity contribution in [1.82, 2.24) is 20.3 Å². The first kappa shape index (κ1) is 18.2. The summed E-state index contributed by atoms with van der Waals surface area (Å²) in [5.41, 5.74) is 9.96. The summed E-state index contributed by atoms with van der Waals surface area (Å²) in [6.45, 7) is 3.94. The van der Waals surface area contributed by atoms with Crippen molar-refractivity contribution in [1.29, 1.82) is 0 Å². The van der Waals surface area contributed by atoms with Gasteiger partial charge in [0.1, 0.15) is 5.69 Å². The number of carbonyl (C=O) groups is 2. The fourth-order valence-electron chi connectivity index (χ4n) is 2.56. The van der Waals surface area contributed by atoms with Gasteiger partial charge in [0.2, 0.25) is 0 Å². The van der Waals surface area contributed by atoms with Gasteiger partial charge >= 0.3 is 0 Å². The van der Waals surface area contributed by atoms with Crippen LogP contribution in [0, 0.1) is 13.8 Å². The zero-order chi connectivity index (χ0) is 19.4. The number of amides is 2. The maximum atomic E-state index is 12.1. The van der Waals surface area contributed by atoms with Crippen LogP contribution in [0.15, 0.2) is 48.8 Å². The first-order chi connectivity index (χ1) is 12.9. The topological polar surface area (TPSA) is 111 Å². The summed E-state index contributed by atoms with van der Waals surface area (Å²) in [7, 11) is 0. The van der Waals surface area contributed by atoms with E-state index >= 15 is 0 Å². The van der Waals surface area contributed by atoms with Crippen LogP contribution < -0.4 is 11.1 Å². The third kappa shape index (κ3) is 4.33. The van der Waals surface area contributed by atoms with Crippen molar-refractivity contribution in [2.24, 2.45) is 5.73 Å². The Morgan fingerprint density at radius 2 is 1.74 bits per heavy atom. The van der Waals surface area contributed by atoms with E-state index in [2.05, 4.69) is 20.3 Å². The molecule has 7 nitrogen and oxygen atoms in total. The molecule has 0 unspecified atom stereocenters. The quantitative estimate of drug-likeness (QED) is 0.723. The molecule has 0 fully saturated rings. The molecule has 3 N–H and O–H groups in total. The highest BCUT2D eigenvalue weighted by Crippen LogP contribution is 2.19. The van der Waals surface area contributed by atoms with Crippen LogP contribution in [0.5, 0.6) is 0 Å². The van der Waals surface area contributed by atoms with E-state index in [0.29, 0.717) is 17.8 Å². The van der Waals surface area contributed by atoms with Crippen molar-refractivity contribution in [3.05, 3.63) is 77.0 Å². The van der Waals surface area contributed by atoms with Gasteiger partial charge in [0.05, 0.1) is 28.8 Å². The Morgan fingerprint density at radius 3 is 2.33 bits per heavy atom. The molecule has 27 heavy (non-hydrogen) atoms. The molecule has 2 heterocycles. The molecule has 2 amide bonds. The summed E-state index contributed by atoms with van der Waals surface area (Å²) >= 11 is 0. The lowest BCUT2D eigenvalue weighted by Crippen LogP contribution is -2.24. The van der Waals surface area contributed by atoms with Gasteiger partial charge in [0, 0.05) is 18.3 Å². The van der Waals surface area contributed by atoms with E-state index in [0.717, 1.165) is 22.5 Å². The molecule has 2 aromatic heterocycles. The molecule has 0 saturated heterocycles. The second-order valence-electron chi connectivity index (χ2n) is 6.12. The number of nitrogens with zero attached hydrogens (tertiary/aromatic N) is 3. The zero-order valence-corrected chi connectivity index (χ0v) is 15.1. The van der Waals surface area contributed by atoms with Crippen molar-refractivity contribution in [2.75, 3.05) is 0 Å². The first-order valence-electron chi connectivity index (χ1n) is 8.37. The van der Waals surface area contributed by atoms with Crippen molar-refractivity contribution in [3.63, 3.8) is 0 Å². The van der Waals surface area contributed by atoms with Crippen LogP contribution in [-0.4, -0.2) is 26.8 Å². The lowest BCUT2D eigenvalue weighted by molar-refractivity contribution is 0.0944. The van der Waals surface area contributed by atoms with Crippen molar-refractivity contribution in [2.45, 2.75) is 20.4 Å². The highest BCUT2D eigenvalue weighted by atomic mass is 16.2. The number of primary amides is 1. The lowest BCUT2D eigenvalue weighted by Gasteiger charge is -2.08. The largest absolute Gasteiger partial charge is 0.366 e. The van der Waals surface area contributed by atoms with E-state index in [1.807, 2.05) is 31.2 Å². The van der Waals surface area contributed by atoms with Crippen molar-refractivity contribution >= 4 is 11.8 Å². The minimum atomic E-state index is -0.490. The number of hydrogen-bond donors (Lipinski definition) is 2. The second kappa shape index (κ2) is 7.74. The minimum Gasteiger partial charge on any atom is -0.366 e. The number of benzene rings is 1. The Kier molecular flexibility index (Phi) is 5.21. The van der Waals surface area contributed by atoms with Gasteiger partial charge in [0.25, 0.3) is 11.8 Å². The smallest absolute Gasteiger partial charge is 0.271 e. The predicted octanol–water partition coefficient (Wildman–Crippen LogP) is 2.18. The second-order valence-corrected chi connectivity index (χ2v) is 6.12. The average molecular weight is 361 g/mol. The Labute approximate surface area is 156 Å². The summed E-state index contributed by atoms with van der Waals surface area (Å²) < 4.78 is 0. The molecule has 0 bridgehead atoms. The van der Waals surface area contributed by atoms with Crippen molar-refractivity contribution < 1.29 is 9.59 Å². The van der Waals surface area contributed by atoms with Crippen LogP contribution >= 0.6 is 0 Å². The van der Waals surface area contributed by atoms with Gasteiger partial charge in [-0.15, -0.1) is 0 Å². The monoisotopic (exact) mass is 361 g/mol. The molecule has 0 spiro atoms. The maximum absolute atomic E-state index is 12.1. The van der Waals surface area contributed by atoms with Crippen LogP contribution in [-0.2, 0) is 6.54 Å². The van der Waals surface area contributed by atoms with E-state index < -0.39 is 5.91 Å². The maximum Gasteiger partial charge on any atom is 0.271 e. The molecule has 0 aliphatic heterocycles. The zero-order valence-electron chi connectivity index (χ0n) is 15.1. The molecule has 0 aliphatic carbocycles. The molecular weight excluding hydrogens is 342 g/mol. The first-order valence-corrected chi connectivity index (χ1v) is 8.37. The summed E-state index contributed by atoms with van der Waals surface area (Å²) in [6, 6.07) is 11.1. The Bertz CT molecular complexity index is 982. The SMILES string of the molecule is Cc1cnc(C(=O)NCc2ccc(-c3ccc(C(N)=O)c(C)n3)cc2)cn1. The predicted molar refractivity (Wildman–Crippen MR) is 101 cm³/mol. The number of hydrogen-bond acceptors (Lipinski definition) is 5. The van der Waals surface area contributed by atoms with Gasteiger partial charge in [-0.05, 0) is 31.5 Å². The molecule has 0 radical (unpaired) electrons. The van der Waals surface area contributed by atoms with E-state index in [1.54, 1.807) is 25.3 Å². The fraction of sp³-hybridized carbons (Fsp3) is 0.150. The molecule has 3 aromatic rings. The van der Waals surface area contributed by atoms with Gasteiger partial charge in [-0.1, -0.05) is 24.3 Å². The Balaban J connectivity index is 1.67. The highest BCUT2D eigenvalue weighted by Gasteiger charge is 2.09. The molecule has 1 aromatic carbocycles. The standard InChI is InChI=1S/C20H19N5O2/c1-12-9-23-18(11-22-12)20(27)24-10-14-3-5-15(6-4-14)17-8-7-16(19(21)26)13(2)25-17/h3-9,11H,10H2,1-2H3,(H2,21,26)(H,24,27). The number of aromatic nitrogens is 3. The summed E-state index contributed by atoms with van der Waals surface area (Å²) in [4.78, 5) is 35.9. The van der Waals surface area contributed by atoms with Crippen LogP contribution in [0.2, 0.25) is 0 Å². The molecule has 7 heteroatoms. The lowest BCUT2D eigenvalue weighted by atomic mass is 10.1. The average Bonchev–Trinajstić information content (AvgIpc) is 2.66. The summed E-state index contributed by atoms with van der Waals surface area (Å²) in [6.07, 6.45) is 3.01. The number of pyridine rings is 1. The van der Waals surface area contributed by atoms with Crippen LogP contribution in [0.1, 0.15) is 37.8 Å². The van der Waals surface area contributed by atoms with Gasteiger partial charge in [-0.25, -0.2) is 4.98 Å². The van der Waals surface area contributed by atoms with E-state index in [-0.39, 0.29) is 11.6 Å². The molecular formula is C20H19N5O2. The van der Waals surface area contributed by atoms with Gasteiger partial charge in [-0.2, -0.15) is 0 Å². The van der Waals surface area contributed by atoms with Gasteiger partial charge in [-0.3, -0.25) is 19.6 Å². The number of rotatable bonds is 5. The van der Waals surface area contributed by atoms with Crippen LogP contribution in [0.4, 0.5) is 0 Å². The van der Waals surface area contributed by atoms with Crippen molar-refractivity contribution in [3.8, 4) is 11.3 Å². The third-order valence-electron chi connectivity index (χ3n) is 4.07. The Hall–Kier alpha value is -3.61. The van der Waals surface area contributed by atoms with Crippen LogP contribution in [0.3, 0.4) is 0 Å².